The lowest BCUT2D eigenvalue weighted by Crippen LogP contribution is -2.08. The first-order valence-corrected chi connectivity index (χ1v) is 4.09. The van der Waals surface area contributed by atoms with E-state index in [2.05, 4.69) is 0 Å². The highest BCUT2D eigenvalue weighted by atomic mass is 19.2. The number of hydrogen-bond acceptors (Lipinski definition) is 2. The van der Waals surface area contributed by atoms with Crippen molar-refractivity contribution in [2.24, 2.45) is 5.73 Å². The van der Waals surface area contributed by atoms with Crippen LogP contribution in [0.25, 0.3) is 0 Å². The van der Waals surface area contributed by atoms with Crippen molar-refractivity contribution in [1.29, 1.82) is 0 Å². The van der Waals surface area contributed by atoms with E-state index in [0.29, 0.717) is 0 Å². The molecule has 0 spiro atoms. The van der Waals surface area contributed by atoms with E-state index in [1.165, 1.54) is 0 Å². The zero-order chi connectivity index (χ0) is 10.7. The van der Waals surface area contributed by atoms with Crippen LogP contribution in [-0.2, 0) is 0 Å². The van der Waals surface area contributed by atoms with Gasteiger partial charge in [0.25, 0.3) is 0 Å². The molecule has 14 heavy (non-hydrogen) atoms. The molecule has 1 atom stereocenters. The minimum atomic E-state index is -1.53. The Kier molecular flexibility index (Phi) is 3.49. The fraction of sp³-hybridized carbons (Fsp3) is 0.333. The van der Waals surface area contributed by atoms with Gasteiger partial charge in [0.05, 0.1) is 6.10 Å². The molecular weight excluding hydrogens is 195 g/mol. The Bertz CT molecular complexity index is 307. The molecule has 0 amide bonds. The van der Waals surface area contributed by atoms with Crippen LogP contribution >= 0.6 is 0 Å². The first-order chi connectivity index (χ1) is 6.56. The SMILES string of the molecule is NCC[C@@H](O)c1cc(F)c(F)c(F)c1. The smallest absolute Gasteiger partial charge is 0.194 e. The fourth-order valence-corrected chi connectivity index (χ4v) is 1.09. The van der Waals surface area contributed by atoms with E-state index in [9.17, 15) is 18.3 Å². The third-order valence-corrected chi connectivity index (χ3v) is 1.83. The number of hydrogen-bond donors (Lipinski definition) is 2. The van der Waals surface area contributed by atoms with Crippen LogP contribution in [0, 0.1) is 17.5 Å². The first kappa shape index (κ1) is 11.0. The molecule has 0 unspecified atom stereocenters. The topological polar surface area (TPSA) is 46.2 Å². The van der Waals surface area contributed by atoms with Crippen LogP contribution in [0.3, 0.4) is 0 Å². The van der Waals surface area contributed by atoms with Gasteiger partial charge < -0.3 is 10.8 Å². The Morgan fingerprint density at radius 3 is 2.14 bits per heavy atom. The van der Waals surface area contributed by atoms with Crippen LogP contribution in [0.15, 0.2) is 12.1 Å². The number of nitrogens with two attached hydrogens (primary N) is 1. The van der Waals surface area contributed by atoms with Crippen molar-refractivity contribution < 1.29 is 18.3 Å². The summed E-state index contributed by atoms with van der Waals surface area (Å²) >= 11 is 0. The molecule has 0 aliphatic heterocycles. The normalized spacial score (nSPS) is 12.9. The van der Waals surface area contributed by atoms with E-state index < -0.39 is 23.6 Å². The average Bonchev–Trinajstić information content (AvgIpc) is 2.13. The second kappa shape index (κ2) is 4.43. The molecule has 1 aromatic rings. The van der Waals surface area contributed by atoms with Gasteiger partial charge in [-0.05, 0) is 30.7 Å². The van der Waals surface area contributed by atoms with Gasteiger partial charge in [0.15, 0.2) is 17.5 Å². The van der Waals surface area contributed by atoms with E-state index in [-0.39, 0.29) is 18.5 Å². The average molecular weight is 205 g/mol. The van der Waals surface area contributed by atoms with Crippen LogP contribution in [0.5, 0.6) is 0 Å². The highest BCUT2D eigenvalue weighted by molar-refractivity contribution is 5.21. The number of rotatable bonds is 3. The van der Waals surface area contributed by atoms with Crippen LogP contribution in [0.1, 0.15) is 18.1 Å². The second-order valence-corrected chi connectivity index (χ2v) is 2.89. The lowest BCUT2D eigenvalue weighted by Gasteiger charge is -2.09. The number of halogens is 3. The Morgan fingerprint density at radius 2 is 1.71 bits per heavy atom. The van der Waals surface area contributed by atoms with Crippen molar-refractivity contribution >= 4 is 0 Å². The molecule has 0 fully saturated rings. The molecule has 0 bridgehead atoms. The predicted molar refractivity (Wildman–Crippen MR) is 44.9 cm³/mol. The molecule has 0 aromatic heterocycles. The first-order valence-electron chi connectivity index (χ1n) is 4.09. The maximum absolute atomic E-state index is 12.7. The van der Waals surface area contributed by atoms with E-state index >= 15 is 0 Å². The van der Waals surface area contributed by atoms with Crippen molar-refractivity contribution in [2.45, 2.75) is 12.5 Å². The van der Waals surface area contributed by atoms with Gasteiger partial charge >= 0.3 is 0 Å². The van der Waals surface area contributed by atoms with Gasteiger partial charge in [0.1, 0.15) is 0 Å². The van der Waals surface area contributed by atoms with Crippen molar-refractivity contribution in [3.8, 4) is 0 Å². The van der Waals surface area contributed by atoms with Crippen LogP contribution in [-0.4, -0.2) is 11.7 Å². The molecule has 1 aromatic carbocycles. The summed E-state index contributed by atoms with van der Waals surface area (Å²) in [5.74, 6) is -4.15. The standard InChI is InChI=1S/C9H10F3NO/c10-6-3-5(8(14)1-2-13)4-7(11)9(6)12/h3-4,8,14H,1-2,13H2/t8-/m1/s1. The highest BCUT2D eigenvalue weighted by Gasteiger charge is 2.14. The molecule has 5 heteroatoms. The minimum absolute atomic E-state index is 0.00755. The summed E-state index contributed by atoms with van der Waals surface area (Å²) < 4.78 is 37.9. The van der Waals surface area contributed by atoms with E-state index in [0.717, 1.165) is 12.1 Å². The third-order valence-electron chi connectivity index (χ3n) is 1.83. The van der Waals surface area contributed by atoms with E-state index in [4.69, 9.17) is 5.73 Å². The zero-order valence-corrected chi connectivity index (χ0v) is 7.30. The second-order valence-electron chi connectivity index (χ2n) is 2.89. The van der Waals surface area contributed by atoms with Crippen molar-refractivity contribution in [2.75, 3.05) is 6.54 Å². The van der Waals surface area contributed by atoms with E-state index in [1.54, 1.807) is 0 Å². The lowest BCUT2D eigenvalue weighted by molar-refractivity contribution is 0.169. The van der Waals surface area contributed by atoms with Gasteiger partial charge in [-0.25, -0.2) is 13.2 Å². The minimum Gasteiger partial charge on any atom is -0.388 e. The number of aliphatic hydroxyl groups is 1. The zero-order valence-electron chi connectivity index (χ0n) is 7.30. The molecule has 78 valence electrons. The summed E-state index contributed by atoms with van der Waals surface area (Å²) in [6, 6.07) is 1.53. The molecule has 0 aliphatic rings. The summed E-state index contributed by atoms with van der Waals surface area (Å²) in [6.07, 6.45) is -0.894. The van der Waals surface area contributed by atoms with Crippen LogP contribution in [0.4, 0.5) is 13.2 Å². The fourth-order valence-electron chi connectivity index (χ4n) is 1.09. The molecule has 0 radical (unpaired) electrons. The van der Waals surface area contributed by atoms with Gasteiger partial charge in [0.2, 0.25) is 0 Å². The highest BCUT2D eigenvalue weighted by Crippen LogP contribution is 2.20. The predicted octanol–water partition coefficient (Wildman–Crippen LogP) is 1.49. The molecule has 0 heterocycles. The summed E-state index contributed by atoms with van der Waals surface area (Å²) in [5, 5.41) is 9.32. The quantitative estimate of drug-likeness (QED) is 0.734. The van der Waals surface area contributed by atoms with Crippen LogP contribution in [0.2, 0.25) is 0 Å². The molecule has 1 rings (SSSR count). The van der Waals surface area contributed by atoms with Gasteiger partial charge in [-0.1, -0.05) is 0 Å². The molecular formula is C9H10F3NO. The Balaban J connectivity index is 3.00. The van der Waals surface area contributed by atoms with Gasteiger partial charge in [-0.3, -0.25) is 0 Å². The monoisotopic (exact) mass is 205 g/mol. The Morgan fingerprint density at radius 1 is 1.21 bits per heavy atom. The molecule has 2 nitrogen and oxygen atoms in total. The largest absolute Gasteiger partial charge is 0.388 e. The van der Waals surface area contributed by atoms with E-state index in [1.807, 2.05) is 0 Å². The van der Waals surface area contributed by atoms with Crippen molar-refractivity contribution in [3.63, 3.8) is 0 Å². The Labute approximate surface area is 79.2 Å². The van der Waals surface area contributed by atoms with Gasteiger partial charge in [-0.2, -0.15) is 0 Å². The maximum atomic E-state index is 12.7. The molecule has 0 aliphatic carbocycles. The van der Waals surface area contributed by atoms with Crippen LogP contribution < -0.4 is 5.73 Å². The number of aliphatic hydroxyl groups excluding tert-OH is 1. The van der Waals surface area contributed by atoms with Crippen molar-refractivity contribution in [1.82, 2.24) is 0 Å². The lowest BCUT2D eigenvalue weighted by atomic mass is 10.1. The maximum Gasteiger partial charge on any atom is 0.194 e. The summed E-state index contributed by atoms with van der Waals surface area (Å²) in [7, 11) is 0. The Hall–Kier alpha value is -1.07. The van der Waals surface area contributed by atoms with Gasteiger partial charge in [-0.15, -0.1) is 0 Å². The van der Waals surface area contributed by atoms with Gasteiger partial charge in [0, 0.05) is 0 Å². The summed E-state index contributed by atoms with van der Waals surface area (Å²) in [5.41, 5.74) is 5.14. The number of benzene rings is 1. The van der Waals surface area contributed by atoms with Crippen molar-refractivity contribution in [3.05, 3.63) is 35.1 Å². The third kappa shape index (κ3) is 2.24. The summed E-state index contributed by atoms with van der Waals surface area (Å²) in [6.45, 7) is 0.182. The molecule has 3 N–H and O–H groups in total. The molecule has 0 saturated carbocycles. The molecule has 0 saturated heterocycles. The summed E-state index contributed by atoms with van der Waals surface area (Å²) in [4.78, 5) is 0.